The van der Waals surface area contributed by atoms with Gasteiger partial charge < -0.3 is 15.4 Å². The average molecular weight is 368 g/mol. The third-order valence-corrected chi connectivity index (χ3v) is 4.97. The molecule has 144 valence electrons. The summed E-state index contributed by atoms with van der Waals surface area (Å²) in [5.74, 6) is -0.418. The van der Waals surface area contributed by atoms with Gasteiger partial charge >= 0.3 is 0 Å². The molecule has 2 aromatic rings. The third kappa shape index (κ3) is 6.07. The Labute approximate surface area is 160 Å². The molecule has 2 aromatic carbocycles. The van der Waals surface area contributed by atoms with Crippen LogP contribution in [0.2, 0.25) is 0 Å². The van der Waals surface area contributed by atoms with E-state index in [0.29, 0.717) is 24.8 Å². The summed E-state index contributed by atoms with van der Waals surface area (Å²) in [6.45, 7) is 1.22. The van der Waals surface area contributed by atoms with Crippen LogP contribution in [0.4, 0.5) is 0 Å². The molecule has 0 bridgehead atoms. The van der Waals surface area contributed by atoms with Crippen molar-refractivity contribution in [3.63, 3.8) is 0 Å². The van der Waals surface area contributed by atoms with Gasteiger partial charge in [0.15, 0.2) is 0 Å². The summed E-state index contributed by atoms with van der Waals surface area (Å²) in [5.41, 5.74) is 0.558. The quantitative estimate of drug-likeness (QED) is 0.702. The van der Waals surface area contributed by atoms with E-state index >= 15 is 0 Å². The number of amides is 2. The van der Waals surface area contributed by atoms with Crippen molar-refractivity contribution < 1.29 is 14.3 Å². The first-order valence-electron chi connectivity index (χ1n) is 9.88. The summed E-state index contributed by atoms with van der Waals surface area (Å²) in [4.78, 5) is 24.1. The van der Waals surface area contributed by atoms with Crippen LogP contribution in [0.15, 0.2) is 42.5 Å². The van der Waals surface area contributed by atoms with E-state index in [4.69, 9.17) is 4.74 Å². The van der Waals surface area contributed by atoms with Crippen molar-refractivity contribution in [2.24, 2.45) is 0 Å². The molecule has 27 heavy (non-hydrogen) atoms. The molecule has 1 saturated carbocycles. The van der Waals surface area contributed by atoms with Crippen molar-refractivity contribution in [2.45, 2.75) is 44.6 Å². The van der Waals surface area contributed by atoms with E-state index in [0.717, 1.165) is 30.0 Å². The van der Waals surface area contributed by atoms with Crippen molar-refractivity contribution in [3.8, 4) is 0 Å². The van der Waals surface area contributed by atoms with Gasteiger partial charge in [-0.3, -0.25) is 9.59 Å². The highest BCUT2D eigenvalue weighted by Gasteiger charge is 2.13. The van der Waals surface area contributed by atoms with Crippen LogP contribution in [0, 0.1) is 0 Å². The molecule has 0 aromatic heterocycles. The maximum atomic E-state index is 12.2. The number of hydrogen-bond donors (Lipinski definition) is 2. The van der Waals surface area contributed by atoms with Gasteiger partial charge in [-0.15, -0.1) is 0 Å². The minimum atomic E-state index is -0.239. The molecule has 3 rings (SSSR count). The number of rotatable bonds is 8. The Morgan fingerprint density at radius 2 is 1.74 bits per heavy atom. The predicted molar refractivity (Wildman–Crippen MR) is 107 cm³/mol. The second-order valence-corrected chi connectivity index (χ2v) is 7.08. The molecule has 0 atom stereocenters. The lowest BCUT2D eigenvalue weighted by Crippen LogP contribution is -2.37. The molecule has 1 fully saturated rings. The third-order valence-electron chi connectivity index (χ3n) is 4.97. The Kier molecular flexibility index (Phi) is 7.22. The van der Waals surface area contributed by atoms with Gasteiger partial charge in [0.1, 0.15) is 0 Å². The van der Waals surface area contributed by atoms with Crippen LogP contribution in [0.5, 0.6) is 0 Å². The van der Waals surface area contributed by atoms with E-state index < -0.39 is 0 Å². The molecule has 2 N–H and O–H groups in total. The Morgan fingerprint density at radius 1 is 0.963 bits per heavy atom. The molecule has 0 radical (unpaired) electrons. The Hall–Kier alpha value is -2.40. The fraction of sp³-hybridized carbons (Fsp3) is 0.455. The van der Waals surface area contributed by atoms with E-state index in [9.17, 15) is 9.59 Å². The molecular formula is C22H28N2O3. The first-order valence-corrected chi connectivity index (χ1v) is 9.88. The normalized spacial score (nSPS) is 14.8. The summed E-state index contributed by atoms with van der Waals surface area (Å²) >= 11 is 0. The number of nitrogens with one attached hydrogen (secondary N) is 2. The fourth-order valence-electron chi connectivity index (χ4n) is 3.44. The number of ether oxygens (including phenoxy) is 1. The zero-order valence-electron chi connectivity index (χ0n) is 15.7. The van der Waals surface area contributed by atoms with Crippen molar-refractivity contribution in [3.05, 3.63) is 48.0 Å². The highest BCUT2D eigenvalue weighted by Crippen LogP contribution is 2.20. The van der Waals surface area contributed by atoms with Crippen LogP contribution in [-0.2, 0) is 9.53 Å². The summed E-state index contributed by atoms with van der Waals surface area (Å²) in [5, 5.41) is 7.59. The van der Waals surface area contributed by atoms with Gasteiger partial charge in [-0.1, -0.05) is 49.6 Å². The summed E-state index contributed by atoms with van der Waals surface area (Å²) < 4.78 is 5.83. The fourth-order valence-corrected chi connectivity index (χ4v) is 3.44. The summed E-state index contributed by atoms with van der Waals surface area (Å²) in [7, 11) is 0. The maximum absolute atomic E-state index is 12.2. The highest BCUT2D eigenvalue weighted by atomic mass is 16.5. The van der Waals surface area contributed by atoms with E-state index in [1.165, 1.54) is 19.3 Å². The second-order valence-electron chi connectivity index (χ2n) is 7.08. The first kappa shape index (κ1) is 19.4. The van der Waals surface area contributed by atoms with Crippen molar-refractivity contribution in [2.75, 3.05) is 19.7 Å². The second kappa shape index (κ2) is 10.1. The van der Waals surface area contributed by atoms with Gasteiger partial charge in [-0.25, -0.2) is 0 Å². The lowest BCUT2D eigenvalue weighted by molar-refractivity contribution is -0.120. The number of benzene rings is 2. The molecule has 0 aliphatic heterocycles. The lowest BCUT2D eigenvalue weighted by atomic mass is 9.98. The average Bonchev–Trinajstić information content (AvgIpc) is 2.72. The lowest BCUT2D eigenvalue weighted by Gasteiger charge is -2.21. The van der Waals surface area contributed by atoms with Gasteiger partial charge in [0, 0.05) is 18.7 Å². The van der Waals surface area contributed by atoms with Crippen LogP contribution in [0.3, 0.4) is 0 Å². The molecule has 0 saturated heterocycles. The van der Waals surface area contributed by atoms with E-state index in [1.807, 2.05) is 36.4 Å². The minimum Gasteiger partial charge on any atom is -0.378 e. The molecule has 1 aliphatic carbocycles. The van der Waals surface area contributed by atoms with Crippen LogP contribution in [0.1, 0.15) is 48.9 Å². The van der Waals surface area contributed by atoms with Crippen LogP contribution >= 0.6 is 0 Å². The zero-order chi connectivity index (χ0) is 18.9. The Balaban J connectivity index is 1.32. The van der Waals surface area contributed by atoms with Crippen LogP contribution in [-0.4, -0.2) is 37.6 Å². The van der Waals surface area contributed by atoms with Gasteiger partial charge in [0.2, 0.25) is 5.91 Å². The van der Waals surface area contributed by atoms with Gasteiger partial charge in [0.05, 0.1) is 12.6 Å². The number of carbonyl (C=O) groups is 2. The summed E-state index contributed by atoms with van der Waals surface area (Å²) in [6.07, 6.45) is 7.36. The molecule has 5 nitrogen and oxygen atoms in total. The molecular weight excluding hydrogens is 340 g/mol. The van der Waals surface area contributed by atoms with E-state index in [-0.39, 0.29) is 18.4 Å². The number of fused-ring (bicyclic) bond motifs is 1. The smallest absolute Gasteiger partial charge is 0.251 e. The van der Waals surface area contributed by atoms with Crippen molar-refractivity contribution in [1.82, 2.24) is 10.6 Å². The molecule has 0 heterocycles. The predicted octanol–water partition coefficient (Wildman–Crippen LogP) is 3.43. The van der Waals surface area contributed by atoms with Crippen molar-refractivity contribution >= 4 is 22.6 Å². The molecule has 5 heteroatoms. The van der Waals surface area contributed by atoms with Gasteiger partial charge in [-0.2, -0.15) is 0 Å². The number of carbonyl (C=O) groups excluding carboxylic acids is 2. The molecule has 0 spiro atoms. The Bertz CT molecular complexity index is 769. The largest absolute Gasteiger partial charge is 0.378 e. The van der Waals surface area contributed by atoms with Crippen LogP contribution in [0.25, 0.3) is 10.8 Å². The SMILES string of the molecule is O=C(CNC(=O)c1ccc2ccccc2c1)NCCCOC1CCCCC1. The van der Waals surface area contributed by atoms with E-state index in [1.54, 1.807) is 6.07 Å². The Morgan fingerprint density at radius 3 is 2.56 bits per heavy atom. The van der Waals surface area contributed by atoms with Gasteiger partial charge in [-0.05, 0) is 42.2 Å². The molecule has 2 amide bonds. The topological polar surface area (TPSA) is 67.4 Å². The molecule has 0 unspecified atom stereocenters. The van der Waals surface area contributed by atoms with E-state index in [2.05, 4.69) is 10.6 Å². The monoisotopic (exact) mass is 368 g/mol. The first-order chi connectivity index (χ1) is 13.2. The minimum absolute atomic E-state index is 0.0187. The van der Waals surface area contributed by atoms with Gasteiger partial charge in [0.25, 0.3) is 5.91 Å². The number of hydrogen-bond acceptors (Lipinski definition) is 3. The standard InChI is InChI=1S/C22H28N2O3/c25-21(23-13-6-14-27-20-9-2-1-3-10-20)16-24-22(26)19-12-11-17-7-4-5-8-18(17)15-19/h4-5,7-8,11-12,15,20H,1-3,6,9-10,13-14,16H2,(H,23,25)(H,24,26). The maximum Gasteiger partial charge on any atom is 0.251 e. The zero-order valence-corrected chi connectivity index (χ0v) is 15.7. The van der Waals surface area contributed by atoms with Crippen molar-refractivity contribution in [1.29, 1.82) is 0 Å². The van der Waals surface area contributed by atoms with Crippen LogP contribution < -0.4 is 10.6 Å². The highest BCUT2D eigenvalue weighted by molar-refractivity contribution is 5.99. The molecule has 1 aliphatic rings. The summed E-state index contributed by atoms with van der Waals surface area (Å²) in [6, 6.07) is 13.4.